The molecule has 0 saturated heterocycles. The Kier molecular flexibility index (Phi) is 4.89. The molecule has 0 atom stereocenters. The molecule has 1 aromatic heterocycles. The van der Waals surface area contributed by atoms with Crippen molar-refractivity contribution >= 4 is 17.5 Å². The summed E-state index contributed by atoms with van der Waals surface area (Å²) in [6, 6.07) is 16.2. The summed E-state index contributed by atoms with van der Waals surface area (Å²) in [4.78, 5) is 31.2. The van der Waals surface area contributed by atoms with Crippen molar-refractivity contribution in [3.05, 3.63) is 72.2 Å². The fraction of sp³-hybridized carbons (Fsp3) is 0.105. The second-order valence-electron chi connectivity index (χ2n) is 5.55. The number of carbonyl (C=O) groups is 2. The molecule has 0 fully saturated rings. The van der Waals surface area contributed by atoms with E-state index >= 15 is 0 Å². The van der Waals surface area contributed by atoms with E-state index in [4.69, 9.17) is 0 Å². The number of nitrogens with one attached hydrogen (secondary N) is 3. The third-order valence-corrected chi connectivity index (χ3v) is 3.72. The Labute approximate surface area is 145 Å². The van der Waals surface area contributed by atoms with Crippen LogP contribution in [-0.4, -0.2) is 28.3 Å². The first-order chi connectivity index (χ1) is 12.1. The highest BCUT2D eigenvalue weighted by Crippen LogP contribution is 2.21. The van der Waals surface area contributed by atoms with Crippen LogP contribution in [0.5, 0.6) is 0 Å². The Hall–Kier alpha value is -3.41. The van der Waals surface area contributed by atoms with Crippen LogP contribution in [-0.2, 0) is 4.79 Å². The van der Waals surface area contributed by atoms with Crippen molar-refractivity contribution in [1.29, 1.82) is 0 Å². The smallest absolute Gasteiger partial charge is 0.251 e. The molecule has 0 saturated carbocycles. The first-order valence-corrected chi connectivity index (χ1v) is 7.87. The lowest BCUT2D eigenvalue weighted by Crippen LogP contribution is -2.32. The standard InChI is InChI=1S/C19H18N4O2/c1-13-18(22-12-21-13)14-7-9-16(10-8-14)23-17(24)11-20-19(25)15-5-3-2-4-6-15/h2-10,12H,11H2,1H3,(H,20,25)(H,21,22)(H,23,24). The van der Waals surface area contributed by atoms with Gasteiger partial charge in [-0.25, -0.2) is 4.98 Å². The van der Waals surface area contributed by atoms with Gasteiger partial charge in [-0.3, -0.25) is 9.59 Å². The first-order valence-electron chi connectivity index (χ1n) is 7.87. The van der Waals surface area contributed by atoms with Crippen LogP contribution < -0.4 is 10.6 Å². The van der Waals surface area contributed by atoms with Crippen LogP contribution in [0.25, 0.3) is 11.3 Å². The zero-order valence-corrected chi connectivity index (χ0v) is 13.7. The van der Waals surface area contributed by atoms with Crippen LogP contribution in [0.2, 0.25) is 0 Å². The molecule has 0 spiro atoms. The number of hydrogen-bond acceptors (Lipinski definition) is 3. The van der Waals surface area contributed by atoms with Crippen molar-refractivity contribution in [2.75, 3.05) is 11.9 Å². The number of carbonyl (C=O) groups excluding carboxylic acids is 2. The summed E-state index contributed by atoms with van der Waals surface area (Å²) in [5.74, 6) is -0.562. The second kappa shape index (κ2) is 7.44. The summed E-state index contributed by atoms with van der Waals surface area (Å²) >= 11 is 0. The number of imidazole rings is 1. The molecule has 0 unspecified atom stereocenters. The maximum absolute atomic E-state index is 12.0. The lowest BCUT2D eigenvalue weighted by Gasteiger charge is -2.08. The van der Waals surface area contributed by atoms with Gasteiger partial charge in [0.25, 0.3) is 5.91 Å². The van der Waals surface area contributed by atoms with Crippen molar-refractivity contribution in [2.45, 2.75) is 6.92 Å². The first kappa shape index (κ1) is 16.4. The van der Waals surface area contributed by atoms with Gasteiger partial charge in [-0.15, -0.1) is 0 Å². The van der Waals surface area contributed by atoms with E-state index < -0.39 is 0 Å². The molecule has 2 amide bonds. The Bertz CT molecular complexity index is 870. The van der Waals surface area contributed by atoms with Gasteiger partial charge >= 0.3 is 0 Å². The van der Waals surface area contributed by atoms with Crippen LogP contribution >= 0.6 is 0 Å². The molecule has 126 valence electrons. The number of nitrogens with zero attached hydrogens (tertiary/aromatic N) is 1. The van der Waals surface area contributed by atoms with Crippen molar-refractivity contribution in [1.82, 2.24) is 15.3 Å². The minimum atomic E-state index is -0.284. The third-order valence-electron chi connectivity index (χ3n) is 3.72. The number of hydrogen-bond donors (Lipinski definition) is 3. The molecule has 3 rings (SSSR count). The fourth-order valence-electron chi connectivity index (χ4n) is 2.42. The highest BCUT2D eigenvalue weighted by Gasteiger charge is 2.08. The van der Waals surface area contributed by atoms with Gasteiger partial charge in [0, 0.05) is 22.5 Å². The van der Waals surface area contributed by atoms with Gasteiger partial charge in [0.2, 0.25) is 5.91 Å². The molecule has 3 N–H and O–H groups in total. The molecule has 0 aliphatic rings. The largest absolute Gasteiger partial charge is 0.348 e. The summed E-state index contributed by atoms with van der Waals surface area (Å²) in [6.07, 6.45) is 1.65. The summed E-state index contributed by atoms with van der Waals surface area (Å²) in [5, 5.41) is 5.35. The molecule has 25 heavy (non-hydrogen) atoms. The number of anilines is 1. The molecule has 0 radical (unpaired) electrons. The van der Waals surface area contributed by atoms with E-state index in [0.29, 0.717) is 11.3 Å². The Balaban J connectivity index is 1.55. The van der Waals surface area contributed by atoms with Gasteiger partial charge in [0.1, 0.15) is 0 Å². The monoisotopic (exact) mass is 334 g/mol. The van der Waals surface area contributed by atoms with Gasteiger partial charge in [-0.2, -0.15) is 0 Å². The Morgan fingerprint density at radius 1 is 1.04 bits per heavy atom. The van der Waals surface area contributed by atoms with Gasteiger partial charge < -0.3 is 15.6 Å². The quantitative estimate of drug-likeness (QED) is 0.670. The molecule has 2 aromatic carbocycles. The number of amides is 2. The fourth-order valence-corrected chi connectivity index (χ4v) is 2.42. The minimum Gasteiger partial charge on any atom is -0.348 e. The van der Waals surface area contributed by atoms with E-state index in [2.05, 4.69) is 20.6 Å². The van der Waals surface area contributed by atoms with Crippen LogP contribution in [0.1, 0.15) is 16.1 Å². The average Bonchev–Trinajstić information content (AvgIpc) is 3.07. The third kappa shape index (κ3) is 4.11. The summed E-state index contributed by atoms with van der Waals surface area (Å²) in [6.45, 7) is 1.86. The number of aromatic nitrogens is 2. The van der Waals surface area contributed by atoms with Gasteiger partial charge in [-0.05, 0) is 31.2 Å². The maximum Gasteiger partial charge on any atom is 0.251 e. The number of aromatic amines is 1. The van der Waals surface area contributed by atoms with Crippen LogP contribution in [0.15, 0.2) is 60.9 Å². The van der Waals surface area contributed by atoms with E-state index in [1.165, 1.54) is 0 Å². The summed E-state index contributed by atoms with van der Waals surface area (Å²) < 4.78 is 0. The van der Waals surface area contributed by atoms with E-state index in [9.17, 15) is 9.59 Å². The van der Waals surface area contributed by atoms with Gasteiger partial charge in [0.05, 0.1) is 18.6 Å². The normalized spacial score (nSPS) is 10.3. The van der Waals surface area contributed by atoms with Crippen molar-refractivity contribution in [3.63, 3.8) is 0 Å². The number of rotatable bonds is 5. The van der Waals surface area contributed by atoms with Crippen LogP contribution in [0, 0.1) is 6.92 Å². The van der Waals surface area contributed by atoms with Crippen molar-refractivity contribution < 1.29 is 9.59 Å². The average molecular weight is 334 g/mol. The summed E-state index contributed by atoms with van der Waals surface area (Å²) in [5.41, 5.74) is 4.02. The summed E-state index contributed by atoms with van der Waals surface area (Å²) in [7, 11) is 0. The Morgan fingerprint density at radius 2 is 1.76 bits per heavy atom. The highest BCUT2D eigenvalue weighted by atomic mass is 16.2. The topological polar surface area (TPSA) is 86.9 Å². The SMILES string of the molecule is Cc1[nH]cnc1-c1ccc(NC(=O)CNC(=O)c2ccccc2)cc1. The van der Waals surface area contributed by atoms with Crippen LogP contribution in [0.4, 0.5) is 5.69 Å². The minimum absolute atomic E-state index is 0.0893. The van der Waals surface area contributed by atoms with E-state index in [1.807, 2.05) is 25.1 Å². The molecule has 0 bridgehead atoms. The maximum atomic E-state index is 12.0. The lowest BCUT2D eigenvalue weighted by molar-refractivity contribution is -0.115. The predicted octanol–water partition coefficient (Wildman–Crippen LogP) is 2.75. The molecule has 1 heterocycles. The van der Waals surface area contributed by atoms with Crippen LogP contribution in [0.3, 0.4) is 0 Å². The number of aryl methyl sites for hydroxylation is 1. The molecule has 0 aliphatic carbocycles. The van der Waals surface area contributed by atoms with Gasteiger partial charge in [0.15, 0.2) is 0 Å². The number of H-pyrrole nitrogens is 1. The molecular formula is C19H18N4O2. The zero-order chi connectivity index (χ0) is 17.6. The second-order valence-corrected chi connectivity index (χ2v) is 5.55. The highest BCUT2D eigenvalue weighted by molar-refractivity contribution is 5.99. The Morgan fingerprint density at radius 3 is 2.40 bits per heavy atom. The van der Waals surface area contributed by atoms with Crippen molar-refractivity contribution in [2.24, 2.45) is 0 Å². The van der Waals surface area contributed by atoms with E-state index in [0.717, 1.165) is 17.0 Å². The zero-order valence-electron chi connectivity index (χ0n) is 13.7. The molecule has 0 aliphatic heterocycles. The predicted molar refractivity (Wildman–Crippen MR) is 96.2 cm³/mol. The van der Waals surface area contributed by atoms with Gasteiger partial charge in [-0.1, -0.05) is 30.3 Å². The number of benzene rings is 2. The van der Waals surface area contributed by atoms with Crippen molar-refractivity contribution in [3.8, 4) is 11.3 Å². The van der Waals surface area contributed by atoms with E-state index in [-0.39, 0.29) is 18.4 Å². The lowest BCUT2D eigenvalue weighted by atomic mass is 10.1. The van der Waals surface area contributed by atoms with E-state index in [1.54, 1.807) is 42.7 Å². The molecular weight excluding hydrogens is 316 g/mol. The molecule has 6 nitrogen and oxygen atoms in total. The molecule has 6 heteroatoms. The molecule has 3 aromatic rings.